The summed E-state index contributed by atoms with van der Waals surface area (Å²) in [6.07, 6.45) is 1.03. The van der Waals surface area contributed by atoms with Crippen LogP contribution in [0.4, 0.5) is 6.01 Å². The molecule has 13 heavy (non-hydrogen) atoms. The third-order valence-corrected chi connectivity index (χ3v) is 1.78. The van der Waals surface area contributed by atoms with E-state index in [1.165, 1.54) is 0 Å². The molecule has 0 radical (unpaired) electrons. The molecule has 0 saturated carbocycles. The largest absolute Gasteiger partial charge is 0.407 e. The molecule has 0 fully saturated rings. The van der Waals surface area contributed by atoms with Gasteiger partial charge in [-0.25, -0.2) is 0 Å². The van der Waals surface area contributed by atoms with Crippen molar-refractivity contribution in [1.82, 2.24) is 15.5 Å². The second-order valence-electron chi connectivity index (χ2n) is 2.98. The van der Waals surface area contributed by atoms with E-state index in [0.717, 1.165) is 6.42 Å². The van der Waals surface area contributed by atoms with Crippen molar-refractivity contribution in [2.45, 2.75) is 32.9 Å². The van der Waals surface area contributed by atoms with Crippen LogP contribution in [0.5, 0.6) is 0 Å². The standard InChI is InChI=1S/C8H16N4O/c1-4-6(2)10-8-12-11-7(13-8)5-9-3/h6,9H,4-5H2,1-3H3,(H,10,12). The van der Waals surface area contributed by atoms with Crippen LogP contribution in [0.25, 0.3) is 0 Å². The number of hydrogen-bond donors (Lipinski definition) is 2. The molecule has 0 saturated heterocycles. The lowest BCUT2D eigenvalue weighted by Crippen LogP contribution is -2.13. The summed E-state index contributed by atoms with van der Waals surface area (Å²) in [4.78, 5) is 0. The Hall–Kier alpha value is -1.10. The molecule has 1 unspecified atom stereocenters. The van der Waals surface area contributed by atoms with Gasteiger partial charge in [-0.2, -0.15) is 0 Å². The van der Waals surface area contributed by atoms with Gasteiger partial charge in [-0.05, 0) is 20.4 Å². The van der Waals surface area contributed by atoms with Crippen LogP contribution in [0.3, 0.4) is 0 Å². The highest BCUT2D eigenvalue weighted by Crippen LogP contribution is 2.07. The molecule has 0 aromatic carbocycles. The lowest BCUT2D eigenvalue weighted by atomic mass is 10.3. The maximum atomic E-state index is 5.30. The minimum Gasteiger partial charge on any atom is -0.407 e. The quantitative estimate of drug-likeness (QED) is 0.714. The third kappa shape index (κ3) is 3.02. The zero-order chi connectivity index (χ0) is 9.68. The average molecular weight is 184 g/mol. The van der Waals surface area contributed by atoms with Gasteiger partial charge in [0.2, 0.25) is 5.89 Å². The first-order chi connectivity index (χ1) is 6.26. The second kappa shape index (κ2) is 4.81. The van der Waals surface area contributed by atoms with Gasteiger partial charge in [0.15, 0.2) is 0 Å². The Kier molecular flexibility index (Phi) is 3.70. The Labute approximate surface area is 77.9 Å². The zero-order valence-corrected chi connectivity index (χ0v) is 8.29. The predicted octanol–water partition coefficient (Wildman–Crippen LogP) is 0.999. The lowest BCUT2D eigenvalue weighted by molar-refractivity contribution is 0.484. The maximum Gasteiger partial charge on any atom is 0.315 e. The van der Waals surface area contributed by atoms with E-state index < -0.39 is 0 Å². The van der Waals surface area contributed by atoms with Gasteiger partial charge in [-0.15, -0.1) is 5.10 Å². The maximum absolute atomic E-state index is 5.30. The molecular weight excluding hydrogens is 168 g/mol. The van der Waals surface area contributed by atoms with Gasteiger partial charge >= 0.3 is 6.01 Å². The van der Waals surface area contributed by atoms with Crippen molar-refractivity contribution in [2.24, 2.45) is 0 Å². The highest BCUT2D eigenvalue weighted by atomic mass is 16.4. The molecule has 0 aliphatic rings. The van der Waals surface area contributed by atoms with Crippen molar-refractivity contribution in [3.05, 3.63) is 5.89 Å². The first-order valence-electron chi connectivity index (χ1n) is 4.49. The number of anilines is 1. The molecular formula is C8H16N4O. The van der Waals surface area contributed by atoms with Crippen LogP contribution in [-0.4, -0.2) is 23.3 Å². The summed E-state index contributed by atoms with van der Waals surface area (Å²) in [6, 6.07) is 0.863. The molecule has 1 rings (SSSR count). The van der Waals surface area contributed by atoms with Gasteiger partial charge in [0.25, 0.3) is 0 Å². The summed E-state index contributed by atoms with van der Waals surface area (Å²) in [6.45, 7) is 4.78. The number of rotatable bonds is 5. The van der Waals surface area contributed by atoms with Gasteiger partial charge in [-0.3, -0.25) is 0 Å². The van der Waals surface area contributed by atoms with Crippen LogP contribution in [0.2, 0.25) is 0 Å². The predicted molar refractivity (Wildman–Crippen MR) is 50.4 cm³/mol. The minimum absolute atomic E-state index is 0.364. The normalized spacial score (nSPS) is 12.8. The SMILES string of the molecule is CCC(C)Nc1nnc(CNC)o1. The zero-order valence-electron chi connectivity index (χ0n) is 8.29. The molecule has 1 atom stereocenters. The molecule has 74 valence electrons. The Morgan fingerprint density at radius 3 is 2.85 bits per heavy atom. The average Bonchev–Trinajstić information content (AvgIpc) is 2.53. The molecule has 0 aliphatic carbocycles. The van der Waals surface area contributed by atoms with Crippen molar-refractivity contribution in [2.75, 3.05) is 12.4 Å². The van der Waals surface area contributed by atoms with E-state index in [-0.39, 0.29) is 0 Å². The van der Waals surface area contributed by atoms with Gasteiger partial charge in [0.05, 0.1) is 6.54 Å². The summed E-state index contributed by atoms with van der Waals surface area (Å²) in [5.41, 5.74) is 0. The van der Waals surface area contributed by atoms with Crippen LogP contribution in [0, 0.1) is 0 Å². The van der Waals surface area contributed by atoms with E-state index in [9.17, 15) is 0 Å². The van der Waals surface area contributed by atoms with E-state index in [0.29, 0.717) is 24.5 Å². The molecule has 1 aromatic heterocycles. The lowest BCUT2D eigenvalue weighted by Gasteiger charge is -2.06. The smallest absolute Gasteiger partial charge is 0.315 e. The molecule has 1 heterocycles. The summed E-state index contributed by atoms with van der Waals surface area (Å²) >= 11 is 0. The number of aromatic nitrogens is 2. The molecule has 2 N–H and O–H groups in total. The fraction of sp³-hybridized carbons (Fsp3) is 0.750. The van der Waals surface area contributed by atoms with Crippen molar-refractivity contribution < 1.29 is 4.42 Å². The Balaban J connectivity index is 2.48. The van der Waals surface area contributed by atoms with Gasteiger partial charge < -0.3 is 15.1 Å². The Morgan fingerprint density at radius 1 is 1.46 bits per heavy atom. The van der Waals surface area contributed by atoms with E-state index in [2.05, 4.69) is 34.7 Å². The Bertz CT molecular complexity index is 248. The molecule has 0 spiro atoms. The molecule has 5 heteroatoms. The first kappa shape index (κ1) is 9.98. The summed E-state index contributed by atoms with van der Waals surface area (Å²) in [5.74, 6) is 0.605. The first-order valence-corrected chi connectivity index (χ1v) is 4.49. The second-order valence-corrected chi connectivity index (χ2v) is 2.98. The van der Waals surface area contributed by atoms with Gasteiger partial charge in [0, 0.05) is 6.04 Å². The monoisotopic (exact) mass is 184 g/mol. The molecule has 5 nitrogen and oxygen atoms in total. The summed E-state index contributed by atoms with van der Waals surface area (Å²) in [5, 5.41) is 13.7. The van der Waals surface area contributed by atoms with E-state index in [4.69, 9.17) is 4.42 Å². The fourth-order valence-corrected chi connectivity index (χ4v) is 0.847. The van der Waals surface area contributed by atoms with Gasteiger partial charge in [0.1, 0.15) is 0 Å². The minimum atomic E-state index is 0.364. The van der Waals surface area contributed by atoms with Crippen molar-refractivity contribution in [1.29, 1.82) is 0 Å². The van der Waals surface area contributed by atoms with Gasteiger partial charge in [-0.1, -0.05) is 12.0 Å². The number of nitrogens with one attached hydrogen (secondary N) is 2. The molecule has 0 aliphatic heterocycles. The van der Waals surface area contributed by atoms with Crippen LogP contribution >= 0.6 is 0 Å². The fourth-order valence-electron chi connectivity index (χ4n) is 0.847. The Morgan fingerprint density at radius 2 is 2.23 bits per heavy atom. The highest BCUT2D eigenvalue weighted by molar-refractivity contribution is 5.18. The number of hydrogen-bond acceptors (Lipinski definition) is 5. The molecule has 0 amide bonds. The highest BCUT2D eigenvalue weighted by Gasteiger charge is 2.06. The topological polar surface area (TPSA) is 63.0 Å². The van der Waals surface area contributed by atoms with Crippen LogP contribution in [-0.2, 0) is 6.54 Å². The summed E-state index contributed by atoms with van der Waals surface area (Å²) in [7, 11) is 1.84. The molecule has 1 aromatic rings. The third-order valence-electron chi connectivity index (χ3n) is 1.78. The number of nitrogens with zero attached hydrogens (tertiary/aromatic N) is 2. The molecule has 0 bridgehead atoms. The van der Waals surface area contributed by atoms with E-state index >= 15 is 0 Å². The van der Waals surface area contributed by atoms with Crippen molar-refractivity contribution in [3.63, 3.8) is 0 Å². The summed E-state index contributed by atoms with van der Waals surface area (Å²) < 4.78 is 5.30. The van der Waals surface area contributed by atoms with Crippen molar-refractivity contribution >= 4 is 6.01 Å². The van der Waals surface area contributed by atoms with E-state index in [1.54, 1.807) is 0 Å². The van der Waals surface area contributed by atoms with Crippen molar-refractivity contribution in [3.8, 4) is 0 Å². The van der Waals surface area contributed by atoms with Crippen LogP contribution in [0.1, 0.15) is 26.2 Å². The van der Waals surface area contributed by atoms with Crippen LogP contribution < -0.4 is 10.6 Å². The van der Waals surface area contributed by atoms with E-state index in [1.807, 2.05) is 7.05 Å². The van der Waals surface area contributed by atoms with Crippen LogP contribution in [0.15, 0.2) is 4.42 Å².